The Labute approximate surface area is 250 Å². The van der Waals surface area contributed by atoms with Gasteiger partial charge in [-0.25, -0.2) is 4.79 Å². The molecule has 2 aliphatic rings. The van der Waals surface area contributed by atoms with Crippen molar-refractivity contribution in [1.29, 1.82) is 0 Å². The largest absolute Gasteiger partial charge is 0.483 e. The van der Waals surface area contributed by atoms with E-state index in [9.17, 15) is 24.8 Å². The second-order valence-electron chi connectivity index (χ2n) is 13.1. The molecule has 0 amide bonds. The summed E-state index contributed by atoms with van der Waals surface area (Å²) in [5, 5.41) is 19.4. The van der Waals surface area contributed by atoms with Crippen molar-refractivity contribution in [3.05, 3.63) is 51.1 Å². The molecule has 0 unspecified atom stereocenters. The predicted octanol–water partition coefficient (Wildman–Crippen LogP) is 7.68. The number of unbranched alkanes of at least 4 members (excludes halogenated alkanes) is 3. The Kier molecular flexibility index (Phi) is 11.1. The number of fused-ring (bicyclic) bond motifs is 3. The number of esters is 1. The van der Waals surface area contributed by atoms with Gasteiger partial charge in [-0.3, -0.25) is 4.79 Å². The van der Waals surface area contributed by atoms with Gasteiger partial charge in [-0.15, -0.1) is 10.1 Å². The Balaban J connectivity index is 1.88. The van der Waals surface area contributed by atoms with E-state index in [0.29, 0.717) is 17.7 Å². The molecule has 9 nitrogen and oxygen atoms in total. The maximum Gasteiger partial charge on any atom is 0.331 e. The zero-order valence-corrected chi connectivity index (χ0v) is 26.2. The van der Waals surface area contributed by atoms with Crippen LogP contribution in [0.3, 0.4) is 0 Å². The summed E-state index contributed by atoms with van der Waals surface area (Å²) >= 11 is 0. The lowest BCUT2D eigenvalue weighted by Gasteiger charge is -2.55. The quantitative estimate of drug-likeness (QED) is 0.0903. The van der Waals surface area contributed by atoms with E-state index in [-0.39, 0.29) is 42.7 Å². The van der Waals surface area contributed by atoms with Gasteiger partial charge in [0, 0.05) is 23.5 Å². The molecular weight excluding hydrogens is 538 g/mol. The SMILES string of the molecule is CCCC(CCC)C(=O)O[C@]12CC=C(C(=O)O)C[C@@H]1c1ccc(C(C)(C)CCCCCCO[N+](=O)[O-])cc1OC2(C)C. The molecule has 234 valence electrons. The van der Waals surface area contributed by atoms with Crippen LogP contribution in [-0.2, 0) is 24.6 Å². The van der Waals surface area contributed by atoms with E-state index in [1.165, 1.54) is 0 Å². The first-order valence-corrected chi connectivity index (χ1v) is 15.5. The minimum absolute atomic E-state index is 0.128. The molecule has 1 aromatic rings. The molecule has 0 spiro atoms. The lowest BCUT2D eigenvalue weighted by molar-refractivity contribution is -0.757. The Morgan fingerprint density at radius 1 is 1.14 bits per heavy atom. The highest BCUT2D eigenvalue weighted by atomic mass is 16.9. The van der Waals surface area contributed by atoms with E-state index in [4.69, 9.17) is 9.47 Å². The maximum atomic E-state index is 13.6. The maximum absolute atomic E-state index is 13.6. The number of carboxylic acid groups (broad SMARTS) is 1. The van der Waals surface area contributed by atoms with Crippen LogP contribution in [0.4, 0.5) is 0 Å². The molecule has 0 aromatic heterocycles. The number of nitrogens with zero attached hydrogens (tertiary/aromatic N) is 1. The molecule has 1 aromatic carbocycles. The number of hydrogen-bond acceptors (Lipinski definition) is 7. The minimum atomic E-state index is -1.02. The summed E-state index contributed by atoms with van der Waals surface area (Å²) in [6.07, 6.45) is 9.91. The summed E-state index contributed by atoms with van der Waals surface area (Å²) in [6.45, 7) is 12.5. The number of carbonyl (C=O) groups is 2. The Bertz CT molecular complexity index is 1150. The smallest absolute Gasteiger partial charge is 0.331 e. The first-order chi connectivity index (χ1) is 19.8. The van der Waals surface area contributed by atoms with Crippen molar-refractivity contribution in [2.24, 2.45) is 5.92 Å². The highest BCUT2D eigenvalue weighted by molar-refractivity contribution is 5.87. The van der Waals surface area contributed by atoms with E-state index in [1.807, 2.05) is 19.9 Å². The van der Waals surface area contributed by atoms with E-state index in [0.717, 1.165) is 62.5 Å². The molecule has 42 heavy (non-hydrogen) atoms. The van der Waals surface area contributed by atoms with Gasteiger partial charge in [0.25, 0.3) is 5.09 Å². The van der Waals surface area contributed by atoms with Gasteiger partial charge in [0.05, 0.1) is 12.5 Å². The van der Waals surface area contributed by atoms with Crippen molar-refractivity contribution in [2.45, 2.75) is 135 Å². The Morgan fingerprint density at radius 2 is 1.81 bits per heavy atom. The van der Waals surface area contributed by atoms with E-state index >= 15 is 0 Å². The average Bonchev–Trinajstić information content (AvgIpc) is 2.91. The van der Waals surface area contributed by atoms with Gasteiger partial charge in [0.1, 0.15) is 11.4 Å². The minimum Gasteiger partial charge on any atom is -0.483 e. The normalized spacial score (nSPS) is 21.0. The standard InChI is InChI=1S/C33H49NO8/c1-7-13-23(14-8-2)30(37)42-33-19-17-24(29(35)36)21-27(33)26-16-15-25(22-28(26)41-32(33,5)6)31(3,4)18-11-9-10-12-20-40-34(38)39/h15-17,22-23,27H,7-14,18-21H2,1-6H3,(H,35,36)/t27-,33-/m1/s1. The monoisotopic (exact) mass is 587 g/mol. The summed E-state index contributed by atoms with van der Waals surface area (Å²) < 4.78 is 13.2. The van der Waals surface area contributed by atoms with Crippen molar-refractivity contribution in [3.8, 4) is 5.75 Å². The zero-order valence-electron chi connectivity index (χ0n) is 26.2. The number of benzene rings is 1. The molecule has 1 aliphatic heterocycles. The molecule has 2 atom stereocenters. The number of hydrogen-bond donors (Lipinski definition) is 1. The molecule has 0 saturated carbocycles. The summed E-state index contributed by atoms with van der Waals surface area (Å²) in [7, 11) is 0. The van der Waals surface area contributed by atoms with Gasteiger partial charge < -0.3 is 19.4 Å². The third-order valence-corrected chi connectivity index (χ3v) is 9.25. The van der Waals surface area contributed by atoms with Crippen LogP contribution in [0.15, 0.2) is 29.8 Å². The summed E-state index contributed by atoms with van der Waals surface area (Å²) in [5.41, 5.74) is 0.273. The first-order valence-electron chi connectivity index (χ1n) is 15.5. The van der Waals surface area contributed by atoms with Gasteiger partial charge in [-0.2, -0.15) is 0 Å². The van der Waals surface area contributed by atoms with Crippen LogP contribution in [0.1, 0.15) is 129 Å². The van der Waals surface area contributed by atoms with Gasteiger partial charge in [-0.1, -0.05) is 78.0 Å². The van der Waals surface area contributed by atoms with Crippen LogP contribution in [0, 0.1) is 16.0 Å². The molecule has 1 N–H and O–H groups in total. The summed E-state index contributed by atoms with van der Waals surface area (Å²) in [4.78, 5) is 40.4. The van der Waals surface area contributed by atoms with Crippen molar-refractivity contribution in [1.82, 2.24) is 0 Å². The first kappa shape index (κ1) is 33.4. The molecule has 0 bridgehead atoms. The summed E-state index contributed by atoms with van der Waals surface area (Å²) in [6, 6.07) is 6.20. The fraction of sp³-hybridized carbons (Fsp3) is 0.697. The third kappa shape index (κ3) is 7.45. The van der Waals surface area contributed by atoms with Gasteiger partial charge in [-0.05, 0) is 63.0 Å². The van der Waals surface area contributed by atoms with E-state index in [1.54, 1.807) is 6.08 Å². The molecule has 3 rings (SSSR count). The van der Waals surface area contributed by atoms with Gasteiger partial charge in [0.2, 0.25) is 0 Å². The van der Waals surface area contributed by atoms with Crippen LogP contribution in [0.5, 0.6) is 5.75 Å². The highest BCUT2D eigenvalue weighted by Crippen LogP contribution is 2.56. The lowest BCUT2D eigenvalue weighted by Crippen LogP contribution is -2.63. The second kappa shape index (κ2) is 13.9. The van der Waals surface area contributed by atoms with Crippen molar-refractivity contribution in [3.63, 3.8) is 0 Å². The van der Waals surface area contributed by atoms with Crippen molar-refractivity contribution >= 4 is 11.9 Å². The number of ether oxygens (including phenoxy) is 2. The van der Waals surface area contributed by atoms with E-state index < -0.39 is 22.3 Å². The number of aliphatic carboxylic acids is 1. The predicted molar refractivity (Wildman–Crippen MR) is 160 cm³/mol. The van der Waals surface area contributed by atoms with E-state index in [2.05, 4.69) is 44.7 Å². The molecule has 0 radical (unpaired) electrons. The van der Waals surface area contributed by atoms with Crippen LogP contribution in [0.25, 0.3) is 0 Å². The molecule has 9 heteroatoms. The van der Waals surface area contributed by atoms with Crippen LogP contribution >= 0.6 is 0 Å². The van der Waals surface area contributed by atoms with Crippen LogP contribution in [-0.4, -0.2) is 39.9 Å². The fourth-order valence-corrected chi connectivity index (χ4v) is 6.66. The number of rotatable bonds is 16. The van der Waals surface area contributed by atoms with Crippen molar-refractivity contribution in [2.75, 3.05) is 6.61 Å². The van der Waals surface area contributed by atoms with Gasteiger partial charge in [0.15, 0.2) is 5.60 Å². The molecule has 0 fully saturated rings. The second-order valence-corrected chi connectivity index (χ2v) is 13.1. The fourth-order valence-electron chi connectivity index (χ4n) is 6.66. The highest BCUT2D eigenvalue weighted by Gasteiger charge is 2.61. The molecule has 0 saturated heterocycles. The Morgan fingerprint density at radius 3 is 2.43 bits per heavy atom. The Hall–Kier alpha value is -3.10. The third-order valence-electron chi connectivity index (χ3n) is 9.25. The lowest BCUT2D eigenvalue weighted by atomic mass is 9.63. The zero-order chi connectivity index (χ0) is 31.1. The number of carboxylic acids is 1. The van der Waals surface area contributed by atoms with Crippen LogP contribution in [0.2, 0.25) is 0 Å². The van der Waals surface area contributed by atoms with Gasteiger partial charge >= 0.3 is 11.9 Å². The van der Waals surface area contributed by atoms with Crippen molar-refractivity contribution < 1.29 is 34.1 Å². The molecular formula is C33H49NO8. The number of carbonyl (C=O) groups excluding carboxylic acids is 1. The molecule has 1 aliphatic carbocycles. The summed E-state index contributed by atoms with van der Waals surface area (Å²) in [5.74, 6) is -0.999. The molecule has 1 heterocycles. The average molecular weight is 588 g/mol. The topological polar surface area (TPSA) is 125 Å². The van der Waals surface area contributed by atoms with Crippen LogP contribution < -0.4 is 4.74 Å².